The number of aryl methyl sites for hydroxylation is 2. The monoisotopic (exact) mass is 347 g/mol. The zero-order valence-corrected chi connectivity index (χ0v) is 14.8. The number of hydrogen-bond donors (Lipinski definition) is 1. The molecule has 4 nitrogen and oxygen atoms in total. The van der Waals surface area contributed by atoms with Crippen LogP contribution in [0.3, 0.4) is 0 Å². The van der Waals surface area contributed by atoms with Gasteiger partial charge in [0.1, 0.15) is 10.7 Å². The van der Waals surface area contributed by atoms with E-state index in [1.807, 2.05) is 50.4 Å². The summed E-state index contributed by atoms with van der Waals surface area (Å²) >= 11 is 1.48. The number of fused-ring (bicyclic) bond motifs is 1. The van der Waals surface area contributed by atoms with Gasteiger partial charge in [0.25, 0.3) is 5.91 Å². The van der Waals surface area contributed by atoms with E-state index in [0.717, 1.165) is 27.5 Å². The first-order valence-electron chi connectivity index (χ1n) is 8.00. The predicted molar refractivity (Wildman–Crippen MR) is 103 cm³/mol. The molecule has 25 heavy (non-hydrogen) atoms. The fourth-order valence-corrected chi connectivity index (χ4v) is 3.67. The van der Waals surface area contributed by atoms with E-state index < -0.39 is 0 Å². The summed E-state index contributed by atoms with van der Waals surface area (Å²) in [5.74, 6) is -0.190. The van der Waals surface area contributed by atoms with E-state index in [1.54, 1.807) is 5.38 Å². The van der Waals surface area contributed by atoms with Crippen LogP contribution in [0.4, 0.5) is 5.69 Å². The zero-order valence-electron chi connectivity index (χ0n) is 14.0. The highest BCUT2D eigenvalue weighted by Crippen LogP contribution is 2.29. The lowest BCUT2D eigenvalue weighted by molar-refractivity contribution is 0.102. The number of carbonyl (C=O) groups is 1. The van der Waals surface area contributed by atoms with Crippen LogP contribution in [0.25, 0.3) is 21.6 Å². The van der Waals surface area contributed by atoms with E-state index >= 15 is 0 Å². The second-order valence-corrected chi connectivity index (χ2v) is 6.86. The Kier molecular flexibility index (Phi) is 3.86. The van der Waals surface area contributed by atoms with Crippen LogP contribution in [0.5, 0.6) is 0 Å². The summed E-state index contributed by atoms with van der Waals surface area (Å²) in [5, 5.41) is 6.70. The third-order valence-corrected chi connectivity index (χ3v) is 5.08. The molecular formula is C20H17N3OS. The highest BCUT2D eigenvalue weighted by molar-refractivity contribution is 7.13. The van der Waals surface area contributed by atoms with Gasteiger partial charge < -0.3 is 9.88 Å². The molecule has 1 N–H and O–H groups in total. The lowest BCUT2D eigenvalue weighted by Gasteiger charge is -2.03. The molecule has 0 unspecified atom stereocenters. The zero-order chi connectivity index (χ0) is 17.4. The van der Waals surface area contributed by atoms with Crippen molar-refractivity contribution in [3.05, 3.63) is 71.2 Å². The highest BCUT2D eigenvalue weighted by Gasteiger charge is 2.15. The van der Waals surface area contributed by atoms with Gasteiger partial charge in [0.05, 0.1) is 5.69 Å². The fourth-order valence-electron chi connectivity index (χ4n) is 2.82. The van der Waals surface area contributed by atoms with Crippen molar-refractivity contribution in [2.75, 3.05) is 5.32 Å². The van der Waals surface area contributed by atoms with Crippen LogP contribution in [0, 0.1) is 6.92 Å². The lowest BCUT2D eigenvalue weighted by atomic mass is 10.2. The minimum absolute atomic E-state index is 0.190. The first-order valence-corrected chi connectivity index (χ1v) is 8.88. The van der Waals surface area contributed by atoms with E-state index in [-0.39, 0.29) is 5.91 Å². The second kappa shape index (κ2) is 6.18. The molecule has 5 heteroatoms. The van der Waals surface area contributed by atoms with E-state index in [4.69, 9.17) is 0 Å². The fraction of sp³-hybridized carbons (Fsp3) is 0.100. The molecule has 0 aliphatic rings. The smallest absolute Gasteiger partial charge is 0.275 e. The Hall–Kier alpha value is -2.92. The molecule has 0 saturated carbocycles. The van der Waals surface area contributed by atoms with Gasteiger partial charge in [-0.3, -0.25) is 4.79 Å². The molecule has 4 aromatic rings. The Morgan fingerprint density at radius 1 is 1.12 bits per heavy atom. The van der Waals surface area contributed by atoms with Gasteiger partial charge in [0.2, 0.25) is 0 Å². The Morgan fingerprint density at radius 2 is 1.88 bits per heavy atom. The van der Waals surface area contributed by atoms with Crippen molar-refractivity contribution < 1.29 is 4.79 Å². The quantitative estimate of drug-likeness (QED) is 0.575. The van der Waals surface area contributed by atoms with Crippen molar-refractivity contribution in [1.29, 1.82) is 0 Å². The Balaban J connectivity index is 1.61. The largest absolute Gasteiger partial charge is 0.342 e. The molecule has 2 aromatic heterocycles. The number of aromatic nitrogens is 2. The van der Waals surface area contributed by atoms with Crippen molar-refractivity contribution in [2.24, 2.45) is 7.05 Å². The average molecular weight is 347 g/mol. The maximum Gasteiger partial charge on any atom is 0.275 e. The standard InChI is InChI=1S/C20H17N3OS/c1-13-7-9-15(10-8-13)21-19(24)16-12-25-20(22-16)18-11-14-5-3-4-6-17(14)23(18)2/h3-12H,1-2H3,(H,21,24). The molecule has 2 heterocycles. The first-order chi connectivity index (χ1) is 12.1. The number of anilines is 1. The number of nitrogens with one attached hydrogen (secondary N) is 1. The number of nitrogens with zero attached hydrogens (tertiary/aromatic N) is 2. The number of para-hydroxylation sites is 1. The van der Waals surface area contributed by atoms with Crippen LogP contribution in [0.2, 0.25) is 0 Å². The van der Waals surface area contributed by atoms with Gasteiger partial charge in [-0.1, -0.05) is 35.9 Å². The van der Waals surface area contributed by atoms with E-state index in [1.165, 1.54) is 16.7 Å². The van der Waals surface area contributed by atoms with Gasteiger partial charge in [-0.15, -0.1) is 11.3 Å². The van der Waals surface area contributed by atoms with E-state index in [0.29, 0.717) is 5.69 Å². The molecule has 0 fully saturated rings. The van der Waals surface area contributed by atoms with Gasteiger partial charge >= 0.3 is 0 Å². The number of amides is 1. The molecule has 0 radical (unpaired) electrons. The third kappa shape index (κ3) is 2.94. The van der Waals surface area contributed by atoms with Crippen LogP contribution in [0.1, 0.15) is 16.1 Å². The molecule has 0 aliphatic carbocycles. The minimum Gasteiger partial charge on any atom is -0.342 e. The Bertz CT molecular complexity index is 1060. The number of carbonyl (C=O) groups excluding carboxylic acids is 1. The molecule has 0 atom stereocenters. The summed E-state index contributed by atoms with van der Waals surface area (Å²) in [6.07, 6.45) is 0. The van der Waals surface area contributed by atoms with Gasteiger partial charge in [-0.05, 0) is 31.2 Å². The molecular weight excluding hydrogens is 330 g/mol. The van der Waals surface area contributed by atoms with Crippen molar-refractivity contribution in [3.63, 3.8) is 0 Å². The van der Waals surface area contributed by atoms with E-state index in [2.05, 4.69) is 33.1 Å². The van der Waals surface area contributed by atoms with Crippen LogP contribution in [-0.4, -0.2) is 15.5 Å². The summed E-state index contributed by atoms with van der Waals surface area (Å²) in [4.78, 5) is 17.0. The summed E-state index contributed by atoms with van der Waals surface area (Å²) in [6, 6.07) is 18.0. The molecule has 0 spiro atoms. The van der Waals surface area contributed by atoms with Gasteiger partial charge in [0, 0.05) is 29.0 Å². The van der Waals surface area contributed by atoms with Gasteiger partial charge in [0.15, 0.2) is 0 Å². The molecule has 4 rings (SSSR count). The Morgan fingerprint density at radius 3 is 2.64 bits per heavy atom. The average Bonchev–Trinajstić information content (AvgIpc) is 3.22. The SMILES string of the molecule is Cc1ccc(NC(=O)c2csc(-c3cc4ccccc4n3C)n2)cc1. The van der Waals surface area contributed by atoms with E-state index in [9.17, 15) is 4.79 Å². The maximum absolute atomic E-state index is 12.4. The summed E-state index contributed by atoms with van der Waals surface area (Å²) in [5.41, 5.74) is 4.53. The minimum atomic E-state index is -0.190. The maximum atomic E-state index is 12.4. The molecule has 124 valence electrons. The van der Waals surface area contributed by atoms with Crippen molar-refractivity contribution in [2.45, 2.75) is 6.92 Å². The molecule has 0 aliphatic heterocycles. The molecule has 0 bridgehead atoms. The Labute approximate surface area is 149 Å². The first kappa shape index (κ1) is 15.6. The van der Waals surface area contributed by atoms with Crippen LogP contribution in [-0.2, 0) is 7.05 Å². The molecule has 2 aromatic carbocycles. The van der Waals surface area contributed by atoms with Crippen LogP contribution >= 0.6 is 11.3 Å². The van der Waals surface area contributed by atoms with Crippen LogP contribution in [0.15, 0.2) is 60.0 Å². The summed E-state index contributed by atoms with van der Waals surface area (Å²) < 4.78 is 2.11. The second-order valence-electron chi connectivity index (χ2n) is 6.01. The third-order valence-electron chi connectivity index (χ3n) is 4.22. The summed E-state index contributed by atoms with van der Waals surface area (Å²) in [6.45, 7) is 2.02. The summed E-state index contributed by atoms with van der Waals surface area (Å²) in [7, 11) is 2.02. The van der Waals surface area contributed by atoms with Crippen molar-refractivity contribution in [1.82, 2.24) is 9.55 Å². The number of rotatable bonds is 3. The number of benzene rings is 2. The molecule has 1 amide bonds. The van der Waals surface area contributed by atoms with Gasteiger partial charge in [-0.25, -0.2) is 4.98 Å². The lowest BCUT2D eigenvalue weighted by Crippen LogP contribution is -2.12. The number of hydrogen-bond acceptors (Lipinski definition) is 3. The topological polar surface area (TPSA) is 46.9 Å². The normalized spacial score (nSPS) is 11.0. The van der Waals surface area contributed by atoms with Crippen molar-refractivity contribution >= 4 is 33.8 Å². The predicted octanol–water partition coefficient (Wildman–Crippen LogP) is 4.86. The van der Waals surface area contributed by atoms with Gasteiger partial charge in [-0.2, -0.15) is 0 Å². The van der Waals surface area contributed by atoms with Crippen molar-refractivity contribution in [3.8, 4) is 10.7 Å². The van der Waals surface area contributed by atoms with Crippen LogP contribution < -0.4 is 5.32 Å². The highest BCUT2D eigenvalue weighted by atomic mass is 32.1. The number of thiazole rings is 1. The molecule has 0 saturated heterocycles.